The average molecular weight is 259 g/mol. The van der Waals surface area contributed by atoms with Gasteiger partial charge in [0, 0.05) is 6.54 Å². The first-order valence-electron chi connectivity index (χ1n) is 5.91. The van der Waals surface area contributed by atoms with E-state index in [-0.39, 0.29) is 0 Å². The Kier molecular flexibility index (Phi) is 6.60. The molecule has 0 radical (unpaired) electrons. The quantitative estimate of drug-likeness (QED) is 0.778. The summed E-state index contributed by atoms with van der Waals surface area (Å²) in [6.07, 6.45) is -2.85. The fourth-order valence-electron chi connectivity index (χ4n) is 1.58. The SMILES string of the molecule is CCNCC(OCC(F)F)c1cccc(OC)c1. The maximum absolute atomic E-state index is 12.2. The number of likely N-dealkylation sites (N-methyl/N-ethyl adjacent to an activating group) is 1. The lowest BCUT2D eigenvalue weighted by atomic mass is 10.1. The van der Waals surface area contributed by atoms with Crippen molar-refractivity contribution in [2.24, 2.45) is 0 Å². The normalized spacial score (nSPS) is 12.7. The van der Waals surface area contributed by atoms with Crippen LogP contribution in [0.5, 0.6) is 5.75 Å². The number of hydrogen-bond acceptors (Lipinski definition) is 3. The zero-order chi connectivity index (χ0) is 13.4. The molecule has 1 aromatic carbocycles. The number of alkyl halides is 2. The van der Waals surface area contributed by atoms with Crippen molar-refractivity contribution in [3.8, 4) is 5.75 Å². The van der Waals surface area contributed by atoms with E-state index in [2.05, 4.69) is 5.32 Å². The van der Waals surface area contributed by atoms with Gasteiger partial charge in [-0.25, -0.2) is 8.78 Å². The molecule has 0 saturated carbocycles. The van der Waals surface area contributed by atoms with Gasteiger partial charge in [0.2, 0.25) is 0 Å². The Morgan fingerprint density at radius 2 is 2.11 bits per heavy atom. The molecule has 0 spiro atoms. The van der Waals surface area contributed by atoms with Crippen molar-refractivity contribution < 1.29 is 18.3 Å². The van der Waals surface area contributed by atoms with Gasteiger partial charge in [-0.1, -0.05) is 19.1 Å². The van der Waals surface area contributed by atoms with E-state index in [1.165, 1.54) is 0 Å². The molecular formula is C13H19F2NO2. The summed E-state index contributed by atoms with van der Waals surface area (Å²) < 4.78 is 34.8. The van der Waals surface area contributed by atoms with E-state index in [1.807, 2.05) is 19.1 Å². The Morgan fingerprint density at radius 3 is 2.72 bits per heavy atom. The molecule has 0 saturated heterocycles. The summed E-state index contributed by atoms with van der Waals surface area (Å²) >= 11 is 0. The fourth-order valence-corrected chi connectivity index (χ4v) is 1.58. The molecule has 1 unspecified atom stereocenters. The van der Waals surface area contributed by atoms with E-state index in [9.17, 15) is 8.78 Å². The molecule has 0 amide bonds. The second-order valence-electron chi connectivity index (χ2n) is 3.80. The van der Waals surface area contributed by atoms with Gasteiger partial charge in [0.15, 0.2) is 0 Å². The van der Waals surface area contributed by atoms with Gasteiger partial charge < -0.3 is 14.8 Å². The lowest BCUT2D eigenvalue weighted by Gasteiger charge is -2.19. The molecule has 0 aromatic heterocycles. The lowest BCUT2D eigenvalue weighted by Crippen LogP contribution is -2.24. The Balaban J connectivity index is 2.72. The standard InChI is InChI=1S/C13H19F2NO2/c1-3-16-8-12(18-9-13(14)15)10-5-4-6-11(7-10)17-2/h4-7,12-13,16H,3,8-9H2,1-2H3. The molecule has 0 bridgehead atoms. The van der Waals surface area contributed by atoms with Gasteiger partial charge in [0.1, 0.15) is 12.4 Å². The molecule has 3 nitrogen and oxygen atoms in total. The summed E-state index contributed by atoms with van der Waals surface area (Å²) in [5.41, 5.74) is 0.830. The second kappa shape index (κ2) is 8.00. The topological polar surface area (TPSA) is 30.5 Å². The molecule has 102 valence electrons. The van der Waals surface area contributed by atoms with E-state index in [0.29, 0.717) is 12.3 Å². The van der Waals surface area contributed by atoms with Crippen LogP contribution in [0.3, 0.4) is 0 Å². The molecule has 1 rings (SSSR count). The zero-order valence-electron chi connectivity index (χ0n) is 10.7. The first kappa shape index (κ1) is 14.9. The minimum atomic E-state index is -2.46. The summed E-state index contributed by atoms with van der Waals surface area (Å²) in [6.45, 7) is 2.65. The van der Waals surface area contributed by atoms with E-state index in [0.717, 1.165) is 12.1 Å². The van der Waals surface area contributed by atoms with E-state index < -0.39 is 19.1 Å². The van der Waals surface area contributed by atoms with Crippen LogP contribution in [0.4, 0.5) is 8.78 Å². The monoisotopic (exact) mass is 259 g/mol. The number of hydrogen-bond donors (Lipinski definition) is 1. The smallest absolute Gasteiger partial charge is 0.261 e. The number of ether oxygens (including phenoxy) is 2. The minimum absolute atomic E-state index is 0.394. The van der Waals surface area contributed by atoms with Crippen molar-refractivity contribution in [1.29, 1.82) is 0 Å². The minimum Gasteiger partial charge on any atom is -0.497 e. The second-order valence-corrected chi connectivity index (χ2v) is 3.80. The number of rotatable bonds is 8. The summed E-state index contributed by atoms with van der Waals surface area (Å²) in [7, 11) is 1.57. The van der Waals surface area contributed by atoms with Crippen LogP contribution in [0.2, 0.25) is 0 Å². The molecule has 0 fully saturated rings. The Bertz CT molecular complexity index is 348. The first-order chi connectivity index (χ1) is 8.67. The van der Waals surface area contributed by atoms with Gasteiger partial charge in [0.05, 0.1) is 13.2 Å². The van der Waals surface area contributed by atoms with Crippen LogP contribution in [0, 0.1) is 0 Å². The summed E-state index contributed by atoms with van der Waals surface area (Å²) in [5, 5.41) is 3.10. The molecule has 18 heavy (non-hydrogen) atoms. The highest BCUT2D eigenvalue weighted by molar-refractivity contribution is 5.30. The van der Waals surface area contributed by atoms with Crippen LogP contribution in [0.1, 0.15) is 18.6 Å². The Morgan fingerprint density at radius 1 is 1.33 bits per heavy atom. The van der Waals surface area contributed by atoms with Crippen molar-refractivity contribution in [2.75, 3.05) is 26.8 Å². The van der Waals surface area contributed by atoms with Crippen LogP contribution in [-0.2, 0) is 4.74 Å². The molecule has 0 aliphatic carbocycles. The summed E-state index contributed by atoms with van der Waals surface area (Å²) in [5.74, 6) is 0.689. The molecule has 1 N–H and O–H groups in total. The highest BCUT2D eigenvalue weighted by Crippen LogP contribution is 2.22. The first-order valence-corrected chi connectivity index (χ1v) is 5.91. The zero-order valence-corrected chi connectivity index (χ0v) is 10.7. The van der Waals surface area contributed by atoms with Crippen molar-refractivity contribution in [3.05, 3.63) is 29.8 Å². The number of benzene rings is 1. The van der Waals surface area contributed by atoms with Gasteiger partial charge in [-0.3, -0.25) is 0 Å². The van der Waals surface area contributed by atoms with Crippen LogP contribution in [0.15, 0.2) is 24.3 Å². The highest BCUT2D eigenvalue weighted by atomic mass is 19.3. The third-order valence-corrected chi connectivity index (χ3v) is 2.47. The molecular weight excluding hydrogens is 240 g/mol. The van der Waals surface area contributed by atoms with Crippen molar-refractivity contribution in [1.82, 2.24) is 5.32 Å². The molecule has 0 heterocycles. The number of nitrogens with one attached hydrogen (secondary N) is 1. The number of halogens is 2. The van der Waals surface area contributed by atoms with Crippen LogP contribution >= 0.6 is 0 Å². The predicted octanol–water partition coefficient (Wildman–Crippen LogP) is 2.63. The van der Waals surface area contributed by atoms with Crippen molar-refractivity contribution in [2.45, 2.75) is 19.5 Å². The van der Waals surface area contributed by atoms with E-state index in [1.54, 1.807) is 19.2 Å². The summed E-state index contributed by atoms with van der Waals surface area (Å²) in [4.78, 5) is 0. The van der Waals surface area contributed by atoms with E-state index in [4.69, 9.17) is 9.47 Å². The predicted molar refractivity (Wildman–Crippen MR) is 66.2 cm³/mol. The molecule has 1 atom stereocenters. The van der Waals surface area contributed by atoms with Crippen LogP contribution < -0.4 is 10.1 Å². The van der Waals surface area contributed by atoms with Gasteiger partial charge >= 0.3 is 0 Å². The maximum atomic E-state index is 12.2. The Labute approximate surface area is 106 Å². The van der Waals surface area contributed by atoms with Gasteiger partial charge in [0.25, 0.3) is 6.43 Å². The van der Waals surface area contributed by atoms with Crippen molar-refractivity contribution >= 4 is 0 Å². The number of methoxy groups -OCH3 is 1. The maximum Gasteiger partial charge on any atom is 0.261 e. The Hall–Kier alpha value is -1.20. The summed E-state index contributed by atoms with van der Waals surface area (Å²) in [6, 6.07) is 7.27. The van der Waals surface area contributed by atoms with Crippen LogP contribution in [0.25, 0.3) is 0 Å². The average Bonchev–Trinajstić information content (AvgIpc) is 2.38. The van der Waals surface area contributed by atoms with Gasteiger partial charge in [-0.2, -0.15) is 0 Å². The molecule has 0 aliphatic rings. The molecule has 1 aromatic rings. The van der Waals surface area contributed by atoms with E-state index >= 15 is 0 Å². The lowest BCUT2D eigenvalue weighted by molar-refractivity contribution is -0.0245. The molecule has 0 aliphatic heterocycles. The van der Waals surface area contributed by atoms with Crippen molar-refractivity contribution in [3.63, 3.8) is 0 Å². The third kappa shape index (κ3) is 4.98. The molecule has 5 heteroatoms. The third-order valence-electron chi connectivity index (χ3n) is 2.47. The largest absolute Gasteiger partial charge is 0.497 e. The van der Waals surface area contributed by atoms with Gasteiger partial charge in [-0.05, 0) is 24.2 Å². The highest BCUT2D eigenvalue weighted by Gasteiger charge is 2.15. The van der Waals surface area contributed by atoms with Crippen LogP contribution in [-0.4, -0.2) is 33.2 Å². The fraction of sp³-hybridized carbons (Fsp3) is 0.538. The van der Waals surface area contributed by atoms with Gasteiger partial charge in [-0.15, -0.1) is 0 Å².